The van der Waals surface area contributed by atoms with Crippen LogP contribution < -0.4 is 15.4 Å². The molecule has 3 heterocycles. The SMILES string of the molecule is O=C(Nc1ccc(OC2CCN(Cl)CC2)cc1)c1nc[nH]c1C(=O)Nc1nc2ccccc2[nH]1. The molecule has 174 valence electrons. The molecule has 34 heavy (non-hydrogen) atoms. The van der Waals surface area contributed by atoms with Gasteiger partial charge in [0.05, 0.1) is 17.4 Å². The van der Waals surface area contributed by atoms with Crippen LogP contribution in [0, 0.1) is 0 Å². The van der Waals surface area contributed by atoms with E-state index in [4.69, 9.17) is 16.5 Å². The van der Waals surface area contributed by atoms with Crippen LogP contribution in [-0.4, -0.2) is 55.4 Å². The summed E-state index contributed by atoms with van der Waals surface area (Å²) in [7, 11) is 0. The van der Waals surface area contributed by atoms with Gasteiger partial charge in [-0.2, -0.15) is 0 Å². The third-order valence-corrected chi connectivity index (χ3v) is 5.84. The number of aromatic nitrogens is 4. The monoisotopic (exact) mass is 479 g/mol. The third-order valence-electron chi connectivity index (χ3n) is 5.51. The molecule has 2 aromatic carbocycles. The maximum Gasteiger partial charge on any atom is 0.276 e. The molecule has 1 aliphatic heterocycles. The van der Waals surface area contributed by atoms with E-state index in [0.717, 1.165) is 42.7 Å². The maximum absolute atomic E-state index is 12.8. The van der Waals surface area contributed by atoms with E-state index in [1.165, 1.54) is 6.33 Å². The Morgan fingerprint density at radius 2 is 1.79 bits per heavy atom. The number of hydrogen-bond donors (Lipinski definition) is 4. The van der Waals surface area contributed by atoms with Crippen molar-refractivity contribution in [2.24, 2.45) is 0 Å². The lowest BCUT2D eigenvalue weighted by Gasteiger charge is -2.27. The van der Waals surface area contributed by atoms with E-state index in [1.54, 1.807) is 28.7 Å². The van der Waals surface area contributed by atoms with E-state index in [2.05, 4.69) is 30.6 Å². The number of nitrogens with zero attached hydrogens (tertiary/aromatic N) is 3. The number of nitrogens with one attached hydrogen (secondary N) is 4. The van der Waals surface area contributed by atoms with Crippen LogP contribution in [0.3, 0.4) is 0 Å². The first-order valence-corrected chi connectivity index (χ1v) is 11.2. The molecule has 4 N–H and O–H groups in total. The van der Waals surface area contributed by atoms with Gasteiger partial charge in [-0.3, -0.25) is 14.9 Å². The van der Waals surface area contributed by atoms with Crippen LogP contribution in [-0.2, 0) is 0 Å². The van der Waals surface area contributed by atoms with Crippen molar-refractivity contribution in [3.63, 3.8) is 0 Å². The fourth-order valence-electron chi connectivity index (χ4n) is 3.76. The lowest BCUT2D eigenvalue weighted by Crippen LogP contribution is -2.32. The largest absolute Gasteiger partial charge is 0.490 e. The first kappa shape index (κ1) is 21.9. The standard InChI is InChI=1S/C23H22ClN7O3/c24-31-11-9-16(10-12-31)34-15-7-5-14(6-8-15)27-21(32)19-20(26-13-25-19)22(33)30-23-28-17-3-1-2-4-18(17)29-23/h1-8,13,16H,9-12H2,(H,25,26)(H,27,32)(H2,28,29,30,33). The first-order valence-electron chi connectivity index (χ1n) is 10.8. The average molecular weight is 480 g/mol. The quantitative estimate of drug-likeness (QED) is 0.311. The van der Waals surface area contributed by atoms with Crippen molar-refractivity contribution < 1.29 is 14.3 Å². The highest BCUT2D eigenvalue weighted by Gasteiger charge is 2.22. The molecule has 1 saturated heterocycles. The van der Waals surface area contributed by atoms with Crippen LogP contribution >= 0.6 is 11.8 Å². The van der Waals surface area contributed by atoms with E-state index in [0.29, 0.717) is 5.69 Å². The summed E-state index contributed by atoms with van der Waals surface area (Å²) in [5.74, 6) is -0.0521. The number of carbonyl (C=O) groups is 2. The minimum absolute atomic E-state index is 0.0261. The minimum Gasteiger partial charge on any atom is -0.490 e. The van der Waals surface area contributed by atoms with E-state index in [1.807, 2.05) is 24.3 Å². The Balaban J connectivity index is 1.21. The predicted octanol–water partition coefficient (Wildman–Crippen LogP) is 3.79. The molecule has 2 aromatic heterocycles. The maximum atomic E-state index is 12.8. The summed E-state index contributed by atoms with van der Waals surface area (Å²) in [6.07, 6.45) is 3.14. The normalized spacial score (nSPS) is 14.7. The first-order chi connectivity index (χ1) is 16.5. The molecule has 0 spiro atoms. The number of piperidine rings is 1. The number of ether oxygens (including phenoxy) is 1. The van der Waals surface area contributed by atoms with Crippen LogP contribution in [0.4, 0.5) is 11.6 Å². The number of rotatable bonds is 6. The van der Waals surface area contributed by atoms with Gasteiger partial charge in [0.15, 0.2) is 5.69 Å². The van der Waals surface area contributed by atoms with Crippen LogP contribution in [0.2, 0.25) is 0 Å². The second kappa shape index (κ2) is 9.54. The van der Waals surface area contributed by atoms with Crippen LogP contribution in [0.5, 0.6) is 5.75 Å². The second-order valence-electron chi connectivity index (χ2n) is 7.89. The van der Waals surface area contributed by atoms with Gasteiger partial charge in [0.2, 0.25) is 5.95 Å². The van der Waals surface area contributed by atoms with Gasteiger partial charge in [-0.1, -0.05) is 12.1 Å². The molecule has 0 bridgehead atoms. The number of aromatic amines is 2. The third kappa shape index (κ3) is 4.87. The predicted molar refractivity (Wildman–Crippen MR) is 128 cm³/mol. The van der Waals surface area contributed by atoms with Gasteiger partial charge in [0, 0.05) is 18.8 Å². The molecule has 0 aliphatic carbocycles. The smallest absolute Gasteiger partial charge is 0.276 e. The number of halogens is 1. The van der Waals surface area contributed by atoms with E-state index >= 15 is 0 Å². The highest BCUT2D eigenvalue weighted by Crippen LogP contribution is 2.22. The summed E-state index contributed by atoms with van der Waals surface area (Å²) in [5.41, 5.74) is 2.07. The molecular formula is C23H22ClN7O3. The summed E-state index contributed by atoms with van der Waals surface area (Å²) in [6, 6.07) is 14.5. The zero-order valence-electron chi connectivity index (χ0n) is 18.0. The molecule has 4 aromatic rings. The Labute approximate surface area is 199 Å². The molecule has 0 atom stereocenters. The van der Waals surface area contributed by atoms with Gasteiger partial charge < -0.3 is 20.0 Å². The molecule has 5 rings (SSSR count). The Morgan fingerprint density at radius 3 is 2.56 bits per heavy atom. The zero-order valence-corrected chi connectivity index (χ0v) is 18.8. The van der Waals surface area contributed by atoms with Crippen molar-refractivity contribution in [2.45, 2.75) is 18.9 Å². The number of imidazole rings is 2. The number of hydrogen-bond acceptors (Lipinski definition) is 6. The van der Waals surface area contributed by atoms with Crippen molar-refractivity contribution >= 4 is 46.3 Å². The van der Waals surface area contributed by atoms with Gasteiger partial charge in [-0.25, -0.2) is 14.4 Å². The Morgan fingerprint density at radius 1 is 1.03 bits per heavy atom. The van der Waals surface area contributed by atoms with Gasteiger partial charge >= 0.3 is 0 Å². The van der Waals surface area contributed by atoms with Gasteiger partial charge in [0.25, 0.3) is 11.8 Å². The van der Waals surface area contributed by atoms with Crippen molar-refractivity contribution in [2.75, 3.05) is 23.7 Å². The summed E-state index contributed by atoms with van der Waals surface area (Å²) in [6.45, 7) is 1.58. The molecular weight excluding hydrogens is 458 g/mol. The zero-order chi connectivity index (χ0) is 23.5. The fourth-order valence-corrected chi connectivity index (χ4v) is 3.96. The van der Waals surface area contributed by atoms with E-state index in [-0.39, 0.29) is 23.4 Å². The van der Waals surface area contributed by atoms with Gasteiger partial charge in [0.1, 0.15) is 17.5 Å². The summed E-state index contributed by atoms with van der Waals surface area (Å²) >= 11 is 5.98. The Hall–Kier alpha value is -3.89. The number of fused-ring (bicyclic) bond motifs is 1. The van der Waals surface area contributed by atoms with E-state index in [9.17, 15) is 9.59 Å². The van der Waals surface area contributed by atoms with Crippen LogP contribution in [0.25, 0.3) is 11.0 Å². The number of para-hydroxylation sites is 2. The number of H-pyrrole nitrogens is 2. The summed E-state index contributed by atoms with van der Waals surface area (Å²) in [5, 5.41) is 5.41. The molecule has 2 amide bonds. The van der Waals surface area contributed by atoms with Crippen LogP contribution in [0.15, 0.2) is 54.9 Å². The number of benzene rings is 2. The second-order valence-corrected chi connectivity index (χ2v) is 8.37. The van der Waals surface area contributed by atoms with E-state index < -0.39 is 11.8 Å². The minimum atomic E-state index is -0.534. The number of carbonyl (C=O) groups excluding carboxylic acids is 2. The van der Waals surface area contributed by atoms with Crippen molar-refractivity contribution in [1.82, 2.24) is 24.4 Å². The van der Waals surface area contributed by atoms with Crippen molar-refractivity contribution in [3.05, 3.63) is 66.2 Å². The molecule has 1 fully saturated rings. The lowest BCUT2D eigenvalue weighted by atomic mass is 10.1. The van der Waals surface area contributed by atoms with Crippen molar-refractivity contribution in [3.8, 4) is 5.75 Å². The molecule has 11 heteroatoms. The molecule has 0 unspecified atom stereocenters. The highest BCUT2D eigenvalue weighted by molar-refractivity contribution is 6.13. The molecule has 0 radical (unpaired) electrons. The summed E-state index contributed by atoms with van der Waals surface area (Å²) in [4.78, 5) is 39.6. The molecule has 10 nitrogen and oxygen atoms in total. The topological polar surface area (TPSA) is 128 Å². The Kier molecular flexibility index (Phi) is 6.15. The summed E-state index contributed by atoms with van der Waals surface area (Å²) < 4.78 is 7.75. The average Bonchev–Trinajstić information content (AvgIpc) is 3.49. The van der Waals surface area contributed by atoms with Gasteiger partial charge in [-0.15, -0.1) is 0 Å². The highest BCUT2D eigenvalue weighted by atomic mass is 35.5. The van der Waals surface area contributed by atoms with Gasteiger partial charge in [-0.05, 0) is 61.0 Å². The molecule has 1 aliphatic rings. The van der Waals surface area contributed by atoms with Crippen molar-refractivity contribution in [1.29, 1.82) is 0 Å². The number of anilines is 2. The van der Waals surface area contributed by atoms with Crippen LogP contribution in [0.1, 0.15) is 33.8 Å². The fraction of sp³-hybridized carbons (Fsp3) is 0.217. The lowest BCUT2D eigenvalue weighted by molar-refractivity contribution is 0.0985. The Bertz CT molecular complexity index is 1280. The number of amides is 2. The molecule has 0 saturated carbocycles.